The van der Waals surface area contributed by atoms with Crippen LogP contribution in [-0.2, 0) is 12.8 Å². The second kappa shape index (κ2) is 4.42. The summed E-state index contributed by atoms with van der Waals surface area (Å²) in [4.78, 5) is 14.8. The Hall–Kier alpha value is -1.88. The SMILES string of the molecule is O=C(O)c1ncsc1NC1Cc2ccccc2C1. The van der Waals surface area contributed by atoms with E-state index in [2.05, 4.69) is 22.4 Å². The van der Waals surface area contributed by atoms with Crippen molar-refractivity contribution in [3.63, 3.8) is 0 Å². The van der Waals surface area contributed by atoms with E-state index in [4.69, 9.17) is 5.11 Å². The fraction of sp³-hybridized carbons (Fsp3) is 0.231. The molecule has 0 saturated carbocycles. The van der Waals surface area contributed by atoms with Crippen LogP contribution in [0.25, 0.3) is 0 Å². The molecule has 1 aromatic heterocycles. The van der Waals surface area contributed by atoms with Crippen LogP contribution in [-0.4, -0.2) is 22.1 Å². The molecule has 0 spiro atoms. The molecule has 1 heterocycles. The number of anilines is 1. The van der Waals surface area contributed by atoms with E-state index in [-0.39, 0.29) is 11.7 Å². The van der Waals surface area contributed by atoms with Gasteiger partial charge in [0.1, 0.15) is 5.00 Å². The third kappa shape index (κ3) is 1.97. The summed E-state index contributed by atoms with van der Waals surface area (Å²) in [6.07, 6.45) is 1.88. The van der Waals surface area contributed by atoms with Gasteiger partial charge in [0.2, 0.25) is 0 Å². The van der Waals surface area contributed by atoms with Crippen LogP contribution in [0.2, 0.25) is 0 Å². The number of nitrogens with zero attached hydrogens (tertiary/aromatic N) is 1. The van der Waals surface area contributed by atoms with E-state index in [1.54, 1.807) is 5.51 Å². The molecule has 1 aliphatic carbocycles. The van der Waals surface area contributed by atoms with E-state index in [1.165, 1.54) is 22.5 Å². The standard InChI is InChI=1S/C13H12N2O2S/c16-13(17)11-12(18-7-14-11)15-10-5-8-3-1-2-4-9(8)6-10/h1-4,7,10,15H,5-6H2,(H,16,17). The average molecular weight is 260 g/mol. The molecule has 18 heavy (non-hydrogen) atoms. The molecule has 5 heteroatoms. The lowest BCUT2D eigenvalue weighted by molar-refractivity contribution is 0.0692. The highest BCUT2D eigenvalue weighted by molar-refractivity contribution is 7.14. The van der Waals surface area contributed by atoms with Crippen LogP contribution >= 0.6 is 11.3 Å². The maximum absolute atomic E-state index is 11.0. The fourth-order valence-electron chi connectivity index (χ4n) is 2.35. The predicted octanol–water partition coefficient (Wildman–Crippen LogP) is 2.42. The topological polar surface area (TPSA) is 62.2 Å². The predicted molar refractivity (Wildman–Crippen MR) is 70.3 cm³/mol. The van der Waals surface area contributed by atoms with Crippen molar-refractivity contribution in [1.82, 2.24) is 4.98 Å². The first-order valence-corrected chi connectivity index (χ1v) is 6.62. The molecule has 0 radical (unpaired) electrons. The highest BCUT2D eigenvalue weighted by atomic mass is 32.1. The van der Waals surface area contributed by atoms with Crippen molar-refractivity contribution in [1.29, 1.82) is 0 Å². The molecule has 1 aromatic carbocycles. The molecule has 2 aromatic rings. The summed E-state index contributed by atoms with van der Waals surface area (Å²) in [6.45, 7) is 0. The maximum atomic E-state index is 11.0. The van der Waals surface area contributed by atoms with E-state index < -0.39 is 5.97 Å². The Morgan fingerprint density at radius 1 is 1.33 bits per heavy atom. The second-order valence-electron chi connectivity index (χ2n) is 4.35. The number of hydrogen-bond donors (Lipinski definition) is 2. The number of fused-ring (bicyclic) bond motifs is 1. The van der Waals surface area contributed by atoms with Gasteiger partial charge in [0.15, 0.2) is 5.69 Å². The molecule has 92 valence electrons. The van der Waals surface area contributed by atoms with Gasteiger partial charge in [-0.2, -0.15) is 0 Å². The molecule has 4 nitrogen and oxygen atoms in total. The third-order valence-corrected chi connectivity index (χ3v) is 3.91. The van der Waals surface area contributed by atoms with Gasteiger partial charge in [0.25, 0.3) is 0 Å². The molecular formula is C13H12N2O2S. The molecule has 1 aliphatic rings. The monoisotopic (exact) mass is 260 g/mol. The van der Waals surface area contributed by atoms with Crippen molar-refractivity contribution in [2.75, 3.05) is 5.32 Å². The van der Waals surface area contributed by atoms with Gasteiger partial charge in [0.05, 0.1) is 5.51 Å². The maximum Gasteiger partial charge on any atom is 0.357 e. The quantitative estimate of drug-likeness (QED) is 0.889. The van der Waals surface area contributed by atoms with Crippen molar-refractivity contribution in [3.05, 3.63) is 46.6 Å². The summed E-state index contributed by atoms with van der Waals surface area (Å²) in [5.74, 6) is -0.978. The highest BCUT2D eigenvalue weighted by Gasteiger charge is 2.23. The van der Waals surface area contributed by atoms with Gasteiger partial charge in [-0.15, -0.1) is 11.3 Å². The molecule has 2 N–H and O–H groups in total. The molecule has 0 unspecified atom stereocenters. The summed E-state index contributed by atoms with van der Waals surface area (Å²) in [5.41, 5.74) is 4.37. The smallest absolute Gasteiger partial charge is 0.357 e. The van der Waals surface area contributed by atoms with Gasteiger partial charge in [-0.3, -0.25) is 0 Å². The lowest BCUT2D eigenvalue weighted by Crippen LogP contribution is -2.20. The number of aromatic carboxylic acids is 1. The largest absolute Gasteiger partial charge is 0.476 e. The van der Waals surface area contributed by atoms with Crippen LogP contribution in [0.3, 0.4) is 0 Å². The van der Waals surface area contributed by atoms with E-state index in [0.29, 0.717) is 5.00 Å². The Morgan fingerprint density at radius 2 is 2.00 bits per heavy atom. The number of carboxylic acid groups (broad SMARTS) is 1. The first-order chi connectivity index (χ1) is 8.74. The molecule has 0 aliphatic heterocycles. The van der Waals surface area contributed by atoms with Gasteiger partial charge in [-0.25, -0.2) is 9.78 Å². The lowest BCUT2D eigenvalue weighted by Gasteiger charge is -2.11. The van der Waals surface area contributed by atoms with Crippen molar-refractivity contribution < 1.29 is 9.90 Å². The summed E-state index contributed by atoms with van der Waals surface area (Å²) in [7, 11) is 0. The first kappa shape index (κ1) is 11.2. The number of rotatable bonds is 3. The molecule has 0 bridgehead atoms. The number of thiazole rings is 1. The third-order valence-electron chi connectivity index (χ3n) is 3.16. The second-order valence-corrected chi connectivity index (χ2v) is 5.21. The average Bonchev–Trinajstić information content (AvgIpc) is 2.94. The number of benzene rings is 1. The minimum Gasteiger partial charge on any atom is -0.476 e. The minimum atomic E-state index is -0.978. The fourth-order valence-corrected chi connectivity index (χ4v) is 3.10. The van der Waals surface area contributed by atoms with Crippen molar-refractivity contribution in [2.24, 2.45) is 0 Å². The van der Waals surface area contributed by atoms with Crippen LogP contribution in [0, 0.1) is 0 Å². The Labute approximate surface area is 108 Å². The Balaban J connectivity index is 1.76. The zero-order valence-electron chi connectivity index (χ0n) is 9.59. The van der Waals surface area contributed by atoms with E-state index in [0.717, 1.165) is 12.8 Å². The molecular weight excluding hydrogens is 248 g/mol. The Morgan fingerprint density at radius 3 is 2.61 bits per heavy atom. The molecule has 0 fully saturated rings. The zero-order chi connectivity index (χ0) is 12.5. The van der Waals surface area contributed by atoms with Crippen LogP contribution in [0.15, 0.2) is 29.8 Å². The number of carboxylic acids is 1. The number of carbonyl (C=O) groups is 1. The summed E-state index contributed by atoms with van der Waals surface area (Å²) < 4.78 is 0. The Kier molecular flexibility index (Phi) is 2.76. The van der Waals surface area contributed by atoms with Gasteiger partial charge in [-0.1, -0.05) is 24.3 Å². The van der Waals surface area contributed by atoms with E-state index in [1.807, 2.05) is 12.1 Å². The normalized spacial score (nSPS) is 14.4. The summed E-state index contributed by atoms with van der Waals surface area (Å²) >= 11 is 1.34. The highest BCUT2D eigenvalue weighted by Crippen LogP contribution is 2.27. The number of hydrogen-bond acceptors (Lipinski definition) is 4. The van der Waals surface area contributed by atoms with Gasteiger partial charge >= 0.3 is 5.97 Å². The summed E-state index contributed by atoms with van der Waals surface area (Å²) in [5, 5.41) is 13.0. The van der Waals surface area contributed by atoms with Crippen LogP contribution in [0.5, 0.6) is 0 Å². The van der Waals surface area contributed by atoms with Crippen LogP contribution < -0.4 is 5.32 Å². The molecule has 0 atom stereocenters. The Bertz CT molecular complexity index is 569. The number of aromatic nitrogens is 1. The van der Waals surface area contributed by atoms with Crippen LogP contribution in [0.4, 0.5) is 5.00 Å². The van der Waals surface area contributed by atoms with Crippen molar-refractivity contribution >= 4 is 22.3 Å². The summed E-state index contributed by atoms with van der Waals surface area (Å²) in [6, 6.07) is 8.59. The van der Waals surface area contributed by atoms with E-state index >= 15 is 0 Å². The van der Waals surface area contributed by atoms with Gasteiger partial charge in [-0.05, 0) is 24.0 Å². The van der Waals surface area contributed by atoms with Crippen molar-refractivity contribution in [2.45, 2.75) is 18.9 Å². The first-order valence-electron chi connectivity index (χ1n) is 5.74. The number of nitrogens with one attached hydrogen (secondary N) is 1. The van der Waals surface area contributed by atoms with E-state index in [9.17, 15) is 4.79 Å². The molecule has 3 rings (SSSR count). The van der Waals surface area contributed by atoms with Crippen LogP contribution in [0.1, 0.15) is 21.6 Å². The molecule has 0 amide bonds. The van der Waals surface area contributed by atoms with Crippen molar-refractivity contribution in [3.8, 4) is 0 Å². The van der Waals surface area contributed by atoms with Gasteiger partial charge < -0.3 is 10.4 Å². The lowest BCUT2D eigenvalue weighted by atomic mass is 10.1. The van der Waals surface area contributed by atoms with Gasteiger partial charge in [0, 0.05) is 6.04 Å². The minimum absolute atomic E-state index is 0.121. The molecule has 0 saturated heterocycles. The zero-order valence-corrected chi connectivity index (χ0v) is 10.4.